The highest BCUT2D eigenvalue weighted by Gasteiger charge is 2.17. The van der Waals surface area contributed by atoms with Crippen LogP contribution in [0, 0.1) is 6.92 Å². The van der Waals surface area contributed by atoms with Crippen molar-refractivity contribution in [3.05, 3.63) is 29.8 Å². The highest BCUT2D eigenvalue weighted by atomic mass is 16.5. The van der Waals surface area contributed by atoms with E-state index in [4.69, 9.17) is 9.47 Å². The topological polar surface area (TPSA) is 67.9 Å². The zero-order chi connectivity index (χ0) is 15.1. The van der Waals surface area contributed by atoms with E-state index < -0.39 is 0 Å². The Morgan fingerprint density at radius 2 is 2.05 bits per heavy atom. The van der Waals surface area contributed by atoms with Gasteiger partial charge in [0.2, 0.25) is 11.8 Å². The van der Waals surface area contributed by atoms with Crippen molar-refractivity contribution >= 4 is 17.5 Å². The number of carbonyl (C=O) groups is 2. The highest BCUT2D eigenvalue weighted by molar-refractivity contribution is 5.92. The molecule has 1 aromatic rings. The predicted molar refractivity (Wildman–Crippen MR) is 78.0 cm³/mol. The Kier molecular flexibility index (Phi) is 5.71. The molecule has 21 heavy (non-hydrogen) atoms. The summed E-state index contributed by atoms with van der Waals surface area (Å²) in [4.78, 5) is 25.2. The van der Waals surface area contributed by atoms with E-state index in [1.54, 1.807) is 4.90 Å². The third-order valence-electron chi connectivity index (χ3n) is 3.12. The minimum absolute atomic E-state index is 0.0821. The molecule has 1 heterocycles. The van der Waals surface area contributed by atoms with Crippen LogP contribution in [0.4, 0.5) is 5.69 Å². The molecule has 2 rings (SSSR count). The lowest BCUT2D eigenvalue weighted by Crippen LogP contribution is -2.42. The molecule has 1 aromatic carbocycles. The number of hydrogen-bond acceptors (Lipinski definition) is 4. The number of benzene rings is 1. The number of morpholine rings is 1. The van der Waals surface area contributed by atoms with Gasteiger partial charge in [0, 0.05) is 18.8 Å². The summed E-state index contributed by atoms with van der Waals surface area (Å²) >= 11 is 0. The lowest BCUT2D eigenvalue weighted by molar-refractivity contribution is -0.141. The molecular formula is C15H20N2O4. The molecule has 6 heteroatoms. The Balaban J connectivity index is 1.68. The van der Waals surface area contributed by atoms with Crippen molar-refractivity contribution < 1.29 is 19.1 Å². The van der Waals surface area contributed by atoms with Gasteiger partial charge in [-0.15, -0.1) is 0 Å². The van der Waals surface area contributed by atoms with Gasteiger partial charge < -0.3 is 19.7 Å². The number of aryl methyl sites for hydroxylation is 1. The van der Waals surface area contributed by atoms with Crippen molar-refractivity contribution in [3.63, 3.8) is 0 Å². The lowest BCUT2D eigenvalue weighted by atomic mass is 10.2. The van der Waals surface area contributed by atoms with Crippen molar-refractivity contribution in [1.82, 2.24) is 4.90 Å². The monoisotopic (exact) mass is 292 g/mol. The van der Waals surface area contributed by atoms with Crippen LogP contribution >= 0.6 is 0 Å². The second kappa shape index (κ2) is 7.75. The van der Waals surface area contributed by atoms with Gasteiger partial charge in [-0.2, -0.15) is 0 Å². The smallest absolute Gasteiger partial charge is 0.250 e. The SMILES string of the molecule is Cc1cccc(NC(=O)COCC(=O)N2CCOCC2)c1. The standard InChI is InChI=1S/C15H20N2O4/c1-12-3-2-4-13(9-12)16-14(18)10-21-11-15(19)17-5-7-20-8-6-17/h2-4,9H,5-8,10-11H2,1H3,(H,16,18). The van der Waals surface area contributed by atoms with E-state index in [1.165, 1.54) is 0 Å². The average molecular weight is 292 g/mol. The number of rotatable bonds is 5. The first-order valence-electron chi connectivity index (χ1n) is 6.95. The predicted octanol–water partition coefficient (Wildman–Crippen LogP) is 0.809. The quantitative estimate of drug-likeness (QED) is 0.872. The molecule has 1 N–H and O–H groups in total. The summed E-state index contributed by atoms with van der Waals surface area (Å²) in [7, 11) is 0. The molecule has 114 valence electrons. The first-order chi connectivity index (χ1) is 10.1. The first-order valence-corrected chi connectivity index (χ1v) is 6.95. The van der Waals surface area contributed by atoms with Gasteiger partial charge in [-0.05, 0) is 24.6 Å². The van der Waals surface area contributed by atoms with E-state index in [0.29, 0.717) is 26.3 Å². The number of anilines is 1. The van der Waals surface area contributed by atoms with E-state index in [-0.39, 0.29) is 25.0 Å². The third kappa shape index (κ3) is 5.17. The zero-order valence-corrected chi connectivity index (χ0v) is 12.1. The van der Waals surface area contributed by atoms with Crippen LogP contribution < -0.4 is 5.32 Å². The van der Waals surface area contributed by atoms with Gasteiger partial charge in [0.15, 0.2) is 0 Å². The van der Waals surface area contributed by atoms with Gasteiger partial charge in [0.05, 0.1) is 13.2 Å². The summed E-state index contributed by atoms with van der Waals surface area (Å²) in [5.74, 6) is -0.378. The normalized spacial score (nSPS) is 14.8. The molecule has 0 bridgehead atoms. The number of ether oxygens (including phenoxy) is 2. The molecule has 1 fully saturated rings. The van der Waals surface area contributed by atoms with Crippen LogP contribution in [0.15, 0.2) is 24.3 Å². The van der Waals surface area contributed by atoms with Crippen molar-refractivity contribution in [3.8, 4) is 0 Å². The number of nitrogens with zero attached hydrogens (tertiary/aromatic N) is 1. The molecular weight excluding hydrogens is 272 g/mol. The summed E-state index contributed by atoms with van der Waals surface area (Å²) < 4.78 is 10.3. The second-order valence-electron chi connectivity index (χ2n) is 4.90. The van der Waals surface area contributed by atoms with Crippen LogP contribution in [0.5, 0.6) is 0 Å². The van der Waals surface area contributed by atoms with Gasteiger partial charge in [-0.1, -0.05) is 12.1 Å². The molecule has 1 aliphatic heterocycles. The number of carbonyl (C=O) groups excluding carboxylic acids is 2. The van der Waals surface area contributed by atoms with Crippen LogP contribution in [-0.2, 0) is 19.1 Å². The van der Waals surface area contributed by atoms with Crippen molar-refractivity contribution in [2.24, 2.45) is 0 Å². The van der Waals surface area contributed by atoms with Crippen LogP contribution in [-0.4, -0.2) is 56.2 Å². The minimum atomic E-state index is -0.268. The maximum atomic E-state index is 11.8. The van der Waals surface area contributed by atoms with Crippen LogP contribution in [0.1, 0.15) is 5.56 Å². The number of nitrogens with one attached hydrogen (secondary N) is 1. The Labute approximate surface area is 124 Å². The molecule has 1 saturated heterocycles. The maximum absolute atomic E-state index is 11.8. The molecule has 0 saturated carbocycles. The highest BCUT2D eigenvalue weighted by Crippen LogP contribution is 2.09. The fraction of sp³-hybridized carbons (Fsp3) is 0.467. The van der Waals surface area contributed by atoms with E-state index in [9.17, 15) is 9.59 Å². The molecule has 0 unspecified atom stereocenters. The van der Waals surface area contributed by atoms with Crippen LogP contribution in [0.2, 0.25) is 0 Å². The van der Waals surface area contributed by atoms with Gasteiger partial charge in [-0.25, -0.2) is 0 Å². The summed E-state index contributed by atoms with van der Waals surface area (Å²) in [6.07, 6.45) is 0. The fourth-order valence-electron chi connectivity index (χ4n) is 2.05. The molecule has 0 radical (unpaired) electrons. The van der Waals surface area contributed by atoms with E-state index in [2.05, 4.69) is 5.32 Å². The van der Waals surface area contributed by atoms with Gasteiger partial charge in [0.25, 0.3) is 0 Å². The molecule has 2 amide bonds. The summed E-state index contributed by atoms with van der Waals surface area (Å²) in [5.41, 5.74) is 1.79. The molecule has 0 spiro atoms. The van der Waals surface area contributed by atoms with Gasteiger partial charge in [-0.3, -0.25) is 9.59 Å². The van der Waals surface area contributed by atoms with Crippen molar-refractivity contribution in [2.45, 2.75) is 6.92 Å². The summed E-state index contributed by atoms with van der Waals surface area (Å²) in [6, 6.07) is 7.50. The van der Waals surface area contributed by atoms with E-state index in [0.717, 1.165) is 11.3 Å². The van der Waals surface area contributed by atoms with E-state index in [1.807, 2.05) is 31.2 Å². The third-order valence-corrected chi connectivity index (χ3v) is 3.12. The Bertz CT molecular complexity index is 498. The zero-order valence-electron chi connectivity index (χ0n) is 12.1. The summed E-state index contributed by atoms with van der Waals surface area (Å²) in [6.45, 7) is 4.01. The van der Waals surface area contributed by atoms with Crippen LogP contribution in [0.3, 0.4) is 0 Å². The largest absolute Gasteiger partial charge is 0.378 e. The molecule has 6 nitrogen and oxygen atoms in total. The second-order valence-corrected chi connectivity index (χ2v) is 4.90. The maximum Gasteiger partial charge on any atom is 0.250 e. The number of hydrogen-bond donors (Lipinski definition) is 1. The Morgan fingerprint density at radius 3 is 2.76 bits per heavy atom. The Hall–Kier alpha value is -1.92. The van der Waals surface area contributed by atoms with Gasteiger partial charge in [0.1, 0.15) is 13.2 Å². The molecule has 0 aliphatic carbocycles. The summed E-state index contributed by atoms with van der Waals surface area (Å²) in [5, 5.41) is 2.73. The minimum Gasteiger partial charge on any atom is -0.378 e. The lowest BCUT2D eigenvalue weighted by Gasteiger charge is -2.26. The number of amides is 2. The fourth-order valence-corrected chi connectivity index (χ4v) is 2.05. The molecule has 1 aliphatic rings. The first kappa shape index (κ1) is 15.5. The molecule has 0 atom stereocenters. The molecule has 0 aromatic heterocycles. The van der Waals surface area contributed by atoms with Crippen molar-refractivity contribution in [2.75, 3.05) is 44.8 Å². The van der Waals surface area contributed by atoms with E-state index >= 15 is 0 Å². The van der Waals surface area contributed by atoms with Crippen molar-refractivity contribution in [1.29, 1.82) is 0 Å². The van der Waals surface area contributed by atoms with Crippen LogP contribution in [0.25, 0.3) is 0 Å². The Morgan fingerprint density at radius 1 is 1.29 bits per heavy atom. The average Bonchev–Trinajstić information content (AvgIpc) is 2.48. The van der Waals surface area contributed by atoms with Gasteiger partial charge >= 0.3 is 0 Å².